The van der Waals surface area contributed by atoms with Gasteiger partial charge >= 0.3 is 0 Å². The van der Waals surface area contributed by atoms with E-state index in [2.05, 4.69) is 44.5 Å². The highest BCUT2D eigenvalue weighted by molar-refractivity contribution is 5.83. The van der Waals surface area contributed by atoms with Gasteiger partial charge in [-0.05, 0) is 47.5 Å². The number of hydrogen-bond donors (Lipinski definition) is 1. The Hall–Kier alpha value is -3.76. The van der Waals surface area contributed by atoms with Gasteiger partial charge in [0.05, 0.1) is 32.4 Å². The molecule has 10 nitrogen and oxygen atoms in total. The van der Waals surface area contributed by atoms with Gasteiger partial charge in [-0.15, -0.1) is 5.10 Å². The number of aromatic nitrogens is 5. The average Bonchev–Trinajstić information content (AvgIpc) is 3.61. The van der Waals surface area contributed by atoms with Gasteiger partial charge in [0.2, 0.25) is 0 Å². The second kappa shape index (κ2) is 11.1. The van der Waals surface area contributed by atoms with Crippen LogP contribution in [0.1, 0.15) is 42.8 Å². The van der Waals surface area contributed by atoms with Crippen molar-refractivity contribution in [1.29, 1.82) is 0 Å². The molecule has 1 aliphatic heterocycles. The van der Waals surface area contributed by atoms with E-state index in [0.29, 0.717) is 48.0 Å². The molecular weight excluding hydrogens is 472 g/mol. The van der Waals surface area contributed by atoms with Crippen LogP contribution in [-0.2, 0) is 17.8 Å². The molecule has 2 aromatic carbocycles. The molecule has 2 aromatic heterocycles. The van der Waals surface area contributed by atoms with E-state index >= 15 is 0 Å². The van der Waals surface area contributed by atoms with Crippen molar-refractivity contribution in [2.45, 2.75) is 45.0 Å². The summed E-state index contributed by atoms with van der Waals surface area (Å²) in [4.78, 5) is 18.9. The number of nitrogens with one attached hydrogen (secondary N) is 1. The summed E-state index contributed by atoms with van der Waals surface area (Å²) in [6, 6.07) is 15.3. The topological polar surface area (TPSA) is 107 Å². The number of nitrogens with zero attached hydrogens (tertiary/aromatic N) is 5. The van der Waals surface area contributed by atoms with Gasteiger partial charge in [-0.1, -0.05) is 37.3 Å². The minimum Gasteiger partial charge on any atom is -0.493 e. The van der Waals surface area contributed by atoms with Crippen molar-refractivity contribution in [2.75, 3.05) is 27.4 Å². The quantitative estimate of drug-likeness (QED) is 0.351. The van der Waals surface area contributed by atoms with Crippen LogP contribution in [0.2, 0.25) is 0 Å². The fourth-order valence-corrected chi connectivity index (χ4v) is 4.97. The Balaban J connectivity index is 1.63. The van der Waals surface area contributed by atoms with Crippen LogP contribution >= 0.6 is 0 Å². The zero-order chi connectivity index (χ0) is 25.8. The van der Waals surface area contributed by atoms with E-state index in [-0.39, 0.29) is 11.7 Å². The number of pyridine rings is 1. The largest absolute Gasteiger partial charge is 0.493 e. The number of rotatable bonds is 10. The molecule has 0 aliphatic carbocycles. The zero-order valence-electron chi connectivity index (χ0n) is 21.4. The predicted molar refractivity (Wildman–Crippen MR) is 139 cm³/mol. The van der Waals surface area contributed by atoms with E-state index in [1.807, 2.05) is 30.3 Å². The number of hydrogen-bond acceptors (Lipinski definition) is 8. The summed E-state index contributed by atoms with van der Waals surface area (Å²) >= 11 is 0. The molecule has 0 radical (unpaired) electrons. The highest BCUT2D eigenvalue weighted by atomic mass is 16.5. The molecule has 2 atom stereocenters. The number of benzene rings is 2. The second-order valence-corrected chi connectivity index (χ2v) is 9.15. The van der Waals surface area contributed by atoms with Crippen LogP contribution in [0.15, 0.2) is 53.3 Å². The Labute approximate surface area is 215 Å². The van der Waals surface area contributed by atoms with Gasteiger partial charge in [0.15, 0.2) is 17.3 Å². The van der Waals surface area contributed by atoms with Crippen LogP contribution in [0.4, 0.5) is 0 Å². The number of aromatic amines is 1. The Morgan fingerprint density at radius 2 is 1.95 bits per heavy atom. The first-order valence-corrected chi connectivity index (χ1v) is 12.6. The SMILES string of the molecule is CCN(Cc1ccccc1)[C@H](c1cc2cc(OC)c(OC)cc2[nH]c1=O)c1nnnn1C[C@@H]1CCCO1. The summed E-state index contributed by atoms with van der Waals surface area (Å²) in [5, 5.41) is 13.6. The van der Waals surface area contributed by atoms with Gasteiger partial charge < -0.3 is 19.2 Å². The number of methoxy groups -OCH3 is 2. The molecule has 5 rings (SSSR count). The van der Waals surface area contributed by atoms with Crippen LogP contribution < -0.4 is 15.0 Å². The van der Waals surface area contributed by atoms with E-state index < -0.39 is 6.04 Å². The second-order valence-electron chi connectivity index (χ2n) is 9.15. The maximum absolute atomic E-state index is 13.6. The lowest BCUT2D eigenvalue weighted by Crippen LogP contribution is -2.35. The Morgan fingerprint density at radius 3 is 2.65 bits per heavy atom. The van der Waals surface area contributed by atoms with Crippen LogP contribution in [-0.4, -0.2) is 63.6 Å². The molecule has 4 aromatic rings. The summed E-state index contributed by atoms with van der Waals surface area (Å²) in [6.45, 7) is 4.66. The number of fused-ring (bicyclic) bond motifs is 1. The minimum atomic E-state index is -0.483. The van der Waals surface area contributed by atoms with Gasteiger partial charge in [0.25, 0.3) is 5.56 Å². The molecule has 1 N–H and O–H groups in total. The fourth-order valence-electron chi connectivity index (χ4n) is 4.97. The first-order valence-electron chi connectivity index (χ1n) is 12.6. The van der Waals surface area contributed by atoms with Crippen molar-refractivity contribution in [3.8, 4) is 11.5 Å². The van der Waals surface area contributed by atoms with Gasteiger partial charge in [-0.25, -0.2) is 4.68 Å². The van der Waals surface area contributed by atoms with Crippen molar-refractivity contribution < 1.29 is 14.2 Å². The normalized spacial score (nSPS) is 16.4. The summed E-state index contributed by atoms with van der Waals surface area (Å²) in [7, 11) is 3.17. The van der Waals surface area contributed by atoms with Crippen molar-refractivity contribution in [3.05, 3.63) is 75.8 Å². The van der Waals surface area contributed by atoms with Crippen molar-refractivity contribution in [1.82, 2.24) is 30.1 Å². The number of ether oxygens (including phenoxy) is 3. The maximum atomic E-state index is 13.6. The molecule has 0 saturated carbocycles. The fraction of sp³-hybridized carbons (Fsp3) is 0.407. The molecule has 194 valence electrons. The molecule has 1 fully saturated rings. The van der Waals surface area contributed by atoms with Gasteiger partial charge in [0, 0.05) is 30.2 Å². The van der Waals surface area contributed by atoms with Crippen LogP contribution in [0.3, 0.4) is 0 Å². The lowest BCUT2D eigenvalue weighted by molar-refractivity contribution is 0.0907. The molecule has 37 heavy (non-hydrogen) atoms. The summed E-state index contributed by atoms with van der Waals surface area (Å²) in [6.07, 6.45) is 2.04. The highest BCUT2D eigenvalue weighted by Crippen LogP contribution is 2.33. The Bertz CT molecular complexity index is 1400. The van der Waals surface area contributed by atoms with Gasteiger partial charge in [0.1, 0.15) is 6.04 Å². The Kier molecular flexibility index (Phi) is 7.47. The van der Waals surface area contributed by atoms with Gasteiger partial charge in [-0.3, -0.25) is 9.69 Å². The van der Waals surface area contributed by atoms with Gasteiger partial charge in [-0.2, -0.15) is 0 Å². The molecule has 1 aliphatic rings. The van der Waals surface area contributed by atoms with E-state index in [1.165, 1.54) is 0 Å². The Morgan fingerprint density at radius 1 is 1.16 bits per heavy atom. The van der Waals surface area contributed by atoms with E-state index in [1.54, 1.807) is 25.0 Å². The summed E-state index contributed by atoms with van der Waals surface area (Å²) in [5.74, 6) is 1.75. The van der Waals surface area contributed by atoms with Crippen molar-refractivity contribution >= 4 is 10.9 Å². The van der Waals surface area contributed by atoms with E-state index in [9.17, 15) is 4.79 Å². The number of H-pyrrole nitrogens is 1. The third kappa shape index (κ3) is 5.21. The summed E-state index contributed by atoms with van der Waals surface area (Å²) < 4.78 is 18.6. The molecule has 3 heterocycles. The third-order valence-electron chi connectivity index (χ3n) is 6.88. The lowest BCUT2D eigenvalue weighted by Gasteiger charge is -2.30. The maximum Gasteiger partial charge on any atom is 0.253 e. The van der Waals surface area contributed by atoms with Crippen LogP contribution in [0.25, 0.3) is 10.9 Å². The predicted octanol–water partition coefficient (Wildman–Crippen LogP) is 3.32. The highest BCUT2D eigenvalue weighted by Gasteiger charge is 2.31. The molecule has 1 saturated heterocycles. The average molecular weight is 505 g/mol. The van der Waals surface area contributed by atoms with Crippen LogP contribution in [0.5, 0.6) is 11.5 Å². The number of tetrazole rings is 1. The summed E-state index contributed by atoms with van der Waals surface area (Å²) in [5.41, 5.74) is 2.15. The zero-order valence-corrected chi connectivity index (χ0v) is 21.4. The molecule has 0 unspecified atom stereocenters. The van der Waals surface area contributed by atoms with Crippen molar-refractivity contribution in [3.63, 3.8) is 0 Å². The first-order chi connectivity index (χ1) is 18.1. The first kappa shape index (κ1) is 24.9. The molecule has 0 spiro atoms. The molecule has 0 bridgehead atoms. The smallest absolute Gasteiger partial charge is 0.253 e. The minimum absolute atomic E-state index is 0.0544. The van der Waals surface area contributed by atoms with Crippen molar-refractivity contribution in [2.24, 2.45) is 0 Å². The standard InChI is InChI=1S/C27H32N6O4/c1-4-32(16-18-9-6-5-7-10-18)25(26-29-30-31-33(26)17-20-11-8-12-37-20)21-13-19-14-23(35-2)24(36-3)15-22(19)28-27(21)34/h5-7,9-10,13-15,20,25H,4,8,11-12,16-17H2,1-3H3,(H,28,34)/t20-,25+/m0/s1. The van der Waals surface area contributed by atoms with E-state index in [4.69, 9.17) is 14.2 Å². The molecule has 10 heteroatoms. The third-order valence-corrected chi connectivity index (χ3v) is 6.88. The molecular formula is C27H32N6O4. The lowest BCUT2D eigenvalue weighted by atomic mass is 10.0. The molecule has 0 amide bonds. The van der Waals surface area contributed by atoms with E-state index in [0.717, 1.165) is 30.4 Å². The monoisotopic (exact) mass is 504 g/mol. The van der Waals surface area contributed by atoms with Crippen LogP contribution in [0, 0.1) is 0 Å².